The molecule has 28 heavy (non-hydrogen) atoms. The highest BCUT2D eigenvalue weighted by Crippen LogP contribution is 2.38. The van der Waals surface area contributed by atoms with E-state index in [1.54, 1.807) is 45.4 Å². The molecule has 144 valence electrons. The molecule has 1 saturated heterocycles. The van der Waals surface area contributed by atoms with Crippen molar-refractivity contribution in [3.8, 4) is 11.5 Å². The molecule has 1 heterocycles. The maximum Gasteiger partial charge on any atom is 0.335 e. The predicted molar refractivity (Wildman–Crippen MR) is 113 cm³/mol. The Morgan fingerprint density at radius 2 is 1.86 bits per heavy atom. The largest absolute Gasteiger partial charge is 0.493 e. The van der Waals surface area contributed by atoms with Gasteiger partial charge < -0.3 is 14.6 Å². The van der Waals surface area contributed by atoms with Gasteiger partial charge in [0.1, 0.15) is 0 Å². The molecule has 2 aromatic rings. The molecule has 1 amide bonds. The van der Waals surface area contributed by atoms with E-state index in [4.69, 9.17) is 21.7 Å². The minimum Gasteiger partial charge on any atom is -0.493 e. The second kappa shape index (κ2) is 8.04. The van der Waals surface area contributed by atoms with Gasteiger partial charge in [-0.15, -0.1) is 0 Å². The number of amides is 1. The number of carboxylic acid groups (broad SMARTS) is 1. The molecule has 1 fully saturated rings. The second-order valence-electron chi connectivity index (χ2n) is 5.94. The molecule has 6 nitrogen and oxygen atoms in total. The Morgan fingerprint density at radius 3 is 2.50 bits per heavy atom. The van der Waals surface area contributed by atoms with E-state index in [-0.39, 0.29) is 11.5 Å². The van der Waals surface area contributed by atoms with Gasteiger partial charge in [0, 0.05) is 0 Å². The molecule has 1 aliphatic rings. The number of methoxy groups -OCH3 is 2. The van der Waals surface area contributed by atoms with Crippen molar-refractivity contribution in [3.05, 3.63) is 58.0 Å². The lowest BCUT2D eigenvalue weighted by Gasteiger charge is -2.17. The van der Waals surface area contributed by atoms with Gasteiger partial charge >= 0.3 is 5.97 Å². The number of nitrogens with zero attached hydrogens (tertiary/aromatic N) is 1. The van der Waals surface area contributed by atoms with Gasteiger partial charge in [0.15, 0.2) is 15.8 Å². The van der Waals surface area contributed by atoms with Gasteiger partial charge in [-0.05, 0) is 48.4 Å². The molecule has 0 aromatic heterocycles. The van der Waals surface area contributed by atoms with E-state index >= 15 is 0 Å². The molecule has 0 atom stereocenters. The fraction of sp³-hybridized carbons (Fsp3) is 0.150. The first-order valence-electron chi connectivity index (χ1n) is 8.19. The number of rotatable bonds is 5. The average Bonchev–Trinajstić information content (AvgIpc) is 2.95. The summed E-state index contributed by atoms with van der Waals surface area (Å²) < 4.78 is 10.9. The van der Waals surface area contributed by atoms with Crippen LogP contribution in [0.2, 0.25) is 0 Å². The highest BCUT2D eigenvalue weighted by atomic mass is 32.2. The molecule has 0 unspecified atom stereocenters. The van der Waals surface area contributed by atoms with Gasteiger partial charge in [-0.1, -0.05) is 36.1 Å². The van der Waals surface area contributed by atoms with Gasteiger partial charge in [0.05, 0.1) is 30.4 Å². The third-order valence-electron chi connectivity index (χ3n) is 4.20. The molecule has 0 aliphatic carbocycles. The zero-order chi connectivity index (χ0) is 20.4. The minimum atomic E-state index is -1.06. The van der Waals surface area contributed by atoms with E-state index in [9.17, 15) is 14.7 Å². The normalized spacial score (nSPS) is 15.2. The van der Waals surface area contributed by atoms with E-state index < -0.39 is 5.97 Å². The van der Waals surface area contributed by atoms with Crippen molar-refractivity contribution in [1.29, 1.82) is 0 Å². The number of aryl methyl sites for hydroxylation is 1. The van der Waals surface area contributed by atoms with E-state index in [2.05, 4.69) is 0 Å². The molecule has 0 radical (unpaired) electrons. The van der Waals surface area contributed by atoms with E-state index in [0.717, 1.165) is 11.1 Å². The van der Waals surface area contributed by atoms with Crippen LogP contribution in [0.3, 0.4) is 0 Å². The summed E-state index contributed by atoms with van der Waals surface area (Å²) in [6.07, 6.45) is 1.72. The summed E-state index contributed by atoms with van der Waals surface area (Å²) in [4.78, 5) is 26.1. The lowest BCUT2D eigenvalue weighted by molar-refractivity contribution is -0.113. The van der Waals surface area contributed by atoms with Gasteiger partial charge in [0.25, 0.3) is 5.91 Å². The SMILES string of the molecule is COc1ccc(/C=C2\SC(=S)N(c3cc(C(=O)O)ccc3C)C2=O)cc1OC. The van der Waals surface area contributed by atoms with Crippen molar-refractivity contribution in [2.45, 2.75) is 6.92 Å². The molecule has 8 heteroatoms. The molecule has 1 aliphatic heterocycles. The Hall–Kier alpha value is -2.84. The number of aromatic carboxylic acids is 1. The second-order valence-corrected chi connectivity index (χ2v) is 7.61. The number of carboxylic acids is 1. The quantitative estimate of drug-likeness (QED) is 0.582. The fourth-order valence-corrected chi connectivity index (χ4v) is 4.04. The Kier molecular flexibility index (Phi) is 5.71. The Bertz CT molecular complexity index is 1020. The maximum absolute atomic E-state index is 13.0. The lowest BCUT2D eigenvalue weighted by atomic mass is 10.1. The summed E-state index contributed by atoms with van der Waals surface area (Å²) in [6.45, 7) is 1.80. The van der Waals surface area contributed by atoms with Crippen LogP contribution in [0, 0.1) is 6.92 Å². The first kappa shape index (κ1) is 19.9. The van der Waals surface area contributed by atoms with Crippen LogP contribution in [0.5, 0.6) is 11.5 Å². The van der Waals surface area contributed by atoms with E-state index in [0.29, 0.717) is 26.4 Å². The third-order valence-corrected chi connectivity index (χ3v) is 5.50. The van der Waals surface area contributed by atoms with Gasteiger partial charge in [-0.2, -0.15) is 0 Å². The number of hydrogen-bond donors (Lipinski definition) is 1. The van der Waals surface area contributed by atoms with Crippen molar-refractivity contribution in [1.82, 2.24) is 0 Å². The fourth-order valence-electron chi connectivity index (χ4n) is 2.75. The summed E-state index contributed by atoms with van der Waals surface area (Å²) in [7, 11) is 3.09. The number of benzene rings is 2. The van der Waals surface area contributed by atoms with Gasteiger partial charge in [0.2, 0.25) is 0 Å². The Balaban J connectivity index is 1.98. The van der Waals surface area contributed by atoms with Crippen LogP contribution >= 0.6 is 24.0 Å². The number of ether oxygens (including phenoxy) is 2. The van der Waals surface area contributed by atoms with Crippen LogP contribution in [-0.4, -0.2) is 35.5 Å². The van der Waals surface area contributed by atoms with Crippen LogP contribution in [0.15, 0.2) is 41.3 Å². The number of hydrogen-bond acceptors (Lipinski definition) is 6. The number of carbonyl (C=O) groups is 2. The van der Waals surface area contributed by atoms with Gasteiger partial charge in [-0.3, -0.25) is 9.69 Å². The molecule has 0 spiro atoms. The molecule has 0 bridgehead atoms. The zero-order valence-corrected chi connectivity index (χ0v) is 17.0. The van der Waals surface area contributed by atoms with Crippen molar-refractivity contribution >= 4 is 51.9 Å². The maximum atomic E-state index is 13.0. The summed E-state index contributed by atoms with van der Waals surface area (Å²) in [5, 5.41) is 9.24. The lowest BCUT2D eigenvalue weighted by Crippen LogP contribution is -2.28. The van der Waals surface area contributed by atoms with Crippen molar-refractivity contribution in [2.24, 2.45) is 0 Å². The van der Waals surface area contributed by atoms with E-state index in [1.165, 1.54) is 28.8 Å². The number of thioether (sulfide) groups is 1. The summed E-state index contributed by atoms with van der Waals surface area (Å²) in [5.41, 5.74) is 2.08. The number of carbonyl (C=O) groups excluding carboxylic acids is 1. The predicted octanol–water partition coefficient (Wildman–Crippen LogP) is 4.12. The first-order valence-corrected chi connectivity index (χ1v) is 9.42. The van der Waals surface area contributed by atoms with Crippen molar-refractivity contribution in [2.75, 3.05) is 19.1 Å². The van der Waals surface area contributed by atoms with Crippen LogP contribution in [-0.2, 0) is 4.79 Å². The van der Waals surface area contributed by atoms with E-state index in [1.807, 2.05) is 6.07 Å². The van der Waals surface area contributed by atoms with Crippen LogP contribution in [0.4, 0.5) is 5.69 Å². The van der Waals surface area contributed by atoms with Crippen LogP contribution < -0.4 is 14.4 Å². The van der Waals surface area contributed by atoms with Gasteiger partial charge in [-0.25, -0.2) is 4.79 Å². The number of thiocarbonyl (C=S) groups is 1. The minimum absolute atomic E-state index is 0.0959. The highest BCUT2D eigenvalue weighted by Gasteiger charge is 2.34. The first-order chi connectivity index (χ1) is 13.3. The molecular formula is C20H17NO5S2. The smallest absolute Gasteiger partial charge is 0.335 e. The topological polar surface area (TPSA) is 76.1 Å². The van der Waals surface area contributed by atoms with Crippen molar-refractivity contribution in [3.63, 3.8) is 0 Å². The molecule has 0 saturated carbocycles. The zero-order valence-electron chi connectivity index (χ0n) is 15.4. The summed E-state index contributed by atoms with van der Waals surface area (Å²) >= 11 is 6.55. The van der Waals surface area contributed by atoms with Crippen LogP contribution in [0.1, 0.15) is 21.5 Å². The van der Waals surface area contributed by atoms with Crippen molar-refractivity contribution < 1.29 is 24.2 Å². The Labute approximate surface area is 171 Å². The molecular weight excluding hydrogens is 398 g/mol. The van der Waals surface area contributed by atoms with Crippen LogP contribution in [0.25, 0.3) is 6.08 Å². The summed E-state index contributed by atoms with van der Waals surface area (Å²) in [5.74, 6) is -0.215. The standard InChI is InChI=1S/C20H17NO5S2/c1-11-4-6-13(19(23)24)10-14(11)21-18(22)17(28-20(21)27)9-12-5-7-15(25-2)16(8-12)26-3/h4-10H,1-3H3,(H,23,24)/b17-9-. The molecule has 2 aromatic carbocycles. The molecule has 3 rings (SSSR count). The summed E-state index contributed by atoms with van der Waals surface area (Å²) in [6, 6.07) is 9.95. The molecule has 1 N–H and O–H groups in total. The third kappa shape index (κ3) is 3.74. The highest BCUT2D eigenvalue weighted by molar-refractivity contribution is 8.27. The Morgan fingerprint density at radius 1 is 1.14 bits per heavy atom. The number of anilines is 1. The average molecular weight is 415 g/mol. The monoisotopic (exact) mass is 415 g/mol.